The van der Waals surface area contributed by atoms with E-state index >= 15 is 0 Å². The van der Waals surface area contributed by atoms with Crippen LogP contribution in [-0.2, 0) is 12.8 Å². The second-order valence-corrected chi connectivity index (χ2v) is 7.41. The highest BCUT2D eigenvalue weighted by molar-refractivity contribution is 5.91. The number of aromatic nitrogens is 2. The van der Waals surface area contributed by atoms with E-state index in [1.54, 1.807) is 29.2 Å². The van der Waals surface area contributed by atoms with E-state index < -0.39 is 0 Å². The molecule has 1 aliphatic heterocycles. The standard InChI is InChI=1S/C22H21FN4O2/c23-16-8-6-15(7-9-16)20-17-3-1-4-18(17)24-22(25-20)27-12-10-26(11-13-27)21(28)19-5-2-14-29-19/h2,5-9,14H,1,3-4,10-13H2. The van der Waals surface area contributed by atoms with Gasteiger partial charge in [-0.15, -0.1) is 0 Å². The molecule has 0 radical (unpaired) electrons. The summed E-state index contributed by atoms with van der Waals surface area (Å²) in [6.45, 7) is 2.50. The normalized spacial score (nSPS) is 16.2. The minimum Gasteiger partial charge on any atom is -0.459 e. The maximum Gasteiger partial charge on any atom is 0.289 e. The maximum atomic E-state index is 13.4. The van der Waals surface area contributed by atoms with Crippen LogP contribution in [0.15, 0.2) is 47.1 Å². The van der Waals surface area contributed by atoms with E-state index in [4.69, 9.17) is 14.4 Å². The number of halogens is 1. The minimum atomic E-state index is -0.253. The molecule has 0 N–H and O–H groups in total. The molecule has 0 bridgehead atoms. The average Bonchev–Trinajstić information content (AvgIpc) is 3.45. The van der Waals surface area contributed by atoms with Crippen LogP contribution in [0.3, 0.4) is 0 Å². The predicted molar refractivity (Wildman–Crippen MR) is 106 cm³/mol. The molecule has 0 unspecified atom stereocenters. The molecule has 1 fully saturated rings. The van der Waals surface area contributed by atoms with Crippen LogP contribution >= 0.6 is 0 Å². The molecule has 3 aromatic rings. The molecule has 0 saturated carbocycles. The third kappa shape index (κ3) is 3.37. The van der Waals surface area contributed by atoms with Crippen LogP contribution in [0.1, 0.15) is 28.2 Å². The SMILES string of the molecule is O=C(c1ccco1)N1CCN(c2nc3c(c(-c4ccc(F)cc4)n2)CCC3)CC1. The van der Waals surface area contributed by atoms with Gasteiger partial charge in [-0.05, 0) is 55.7 Å². The Morgan fingerprint density at radius 3 is 2.52 bits per heavy atom. The third-order valence-electron chi connectivity index (χ3n) is 5.62. The van der Waals surface area contributed by atoms with Crippen molar-refractivity contribution in [3.05, 3.63) is 65.5 Å². The number of benzene rings is 1. The Bertz CT molecular complexity index is 1030. The molecule has 0 spiro atoms. The smallest absolute Gasteiger partial charge is 0.289 e. The predicted octanol–water partition coefficient (Wildman–Crippen LogP) is 3.33. The van der Waals surface area contributed by atoms with Crippen molar-refractivity contribution >= 4 is 11.9 Å². The second kappa shape index (κ2) is 7.31. The Hall–Kier alpha value is -3.22. The van der Waals surface area contributed by atoms with E-state index in [9.17, 15) is 9.18 Å². The second-order valence-electron chi connectivity index (χ2n) is 7.41. The zero-order valence-corrected chi connectivity index (χ0v) is 16.0. The number of fused-ring (bicyclic) bond motifs is 1. The fourth-order valence-electron chi connectivity index (χ4n) is 4.07. The molecule has 5 rings (SSSR count). The summed E-state index contributed by atoms with van der Waals surface area (Å²) in [5, 5.41) is 0. The van der Waals surface area contributed by atoms with Gasteiger partial charge in [0.1, 0.15) is 5.82 Å². The lowest BCUT2D eigenvalue weighted by Gasteiger charge is -2.34. The molecular weight excluding hydrogens is 371 g/mol. The average molecular weight is 392 g/mol. The number of hydrogen-bond acceptors (Lipinski definition) is 5. The Kier molecular flexibility index (Phi) is 4.50. The van der Waals surface area contributed by atoms with Gasteiger partial charge in [-0.1, -0.05) is 0 Å². The summed E-state index contributed by atoms with van der Waals surface area (Å²) in [5.74, 6) is 0.717. The van der Waals surface area contributed by atoms with E-state index in [1.165, 1.54) is 24.0 Å². The first-order valence-corrected chi connectivity index (χ1v) is 9.92. The zero-order chi connectivity index (χ0) is 19.8. The van der Waals surface area contributed by atoms with Crippen LogP contribution in [0.4, 0.5) is 10.3 Å². The lowest BCUT2D eigenvalue weighted by Crippen LogP contribution is -2.49. The van der Waals surface area contributed by atoms with Crippen LogP contribution in [0, 0.1) is 5.82 Å². The molecule has 0 atom stereocenters. The van der Waals surface area contributed by atoms with Gasteiger partial charge in [-0.3, -0.25) is 4.79 Å². The molecular formula is C22H21FN4O2. The number of anilines is 1. The molecule has 7 heteroatoms. The number of piperazine rings is 1. The summed E-state index contributed by atoms with van der Waals surface area (Å²) < 4.78 is 18.6. The van der Waals surface area contributed by atoms with Gasteiger partial charge < -0.3 is 14.2 Å². The van der Waals surface area contributed by atoms with Crippen LogP contribution < -0.4 is 4.90 Å². The van der Waals surface area contributed by atoms with Crippen LogP contribution in [-0.4, -0.2) is 47.0 Å². The highest BCUT2D eigenvalue weighted by Gasteiger charge is 2.27. The fraction of sp³-hybridized carbons (Fsp3) is 0.318. The highest BCUT2D eigenvalue weighted by atomic mass is 19.1. The molecule has 6 nitrogen and oxygen atoms in total. The summed E-state index contributed by atoms with van der Waals surface area (Å²) in [6.07, 6.45) is 4.47. The fourth-order valence-corrected chi connectivity index (χ4v) is 4.07. The van der Waals surface area contributed by atoms with Crippen LogP contribution in [0.5, 0.6) is 0 Å². The summed E-state index contributed by atoms with van der Waals surface area (Å²) >= 11 is 0. The third-order valence-corrected chi connectivity index (χ3v) is 5.62. The van der Waals surface area contributed by atoms with Crippen molar-refractivity contribution in [3.8, 4) is 11.3 Å². The lowest BCUT2D eigenvalue weighted by molar-refractivity contribution is 0.0714. The summed E-state index contributed by atoms with van der Waals surface area (Å²) in [5.41, 5.74) is 4.08. The summed E-state index contributed by atoms with van der Waals surface area (Å²) in [6, 6.07) is 9.90. The number of furan rings is 1. The summed E-state index contributed by atoms with van der Waals surface area (Å²) in [7, 11) is 0. The van der Waals surface area contributed by atoms with Crippen molar-refractivity contribution in [2.45, 2.75) is 19.3 Å². The van der Waals surface area contributed by atoms with Gasteiger partial charge in [0.05, 0.1) is 12.0 Å². The number of nitrogens with zero attached hydrogens (tertiary/aromatic N) is 4. The van der Waals surface area contributed by atoms with Gasteiger partial charge in [0.15, 0.2) is 5.76 Å². The topological polar surface area (TPSA) is 62.5 Å². The minimum absolute atomic E-state index is 0.0866. The van der Waals surface area contributed by atoms with Crippen molar-refractivity contribution in [2.75, 3.05) is 31.1 Å². The van der Waals surface area contributed by atoms with E-state index in [0.29, 0.717) is 37.9 Å². The van der Waals surface area contributed by atoms with Crippen molar-refractivity contribution in [2.24, 2.45) is 0 Å². The first kappa shape index (κ1) is 17.8. The van der Waals surface area contributed by atoms with Gasteiger partial charge in [-0.25, -0.2) is 14.4 Å². The number of carbonyl (C=O) groups is 1. The molecule has 3 heterocycles. The molecule has 148 valence electrons. The van der Waals surface area contributed by atoms with E-state index in [2.05, 4.69) is 4.90 Å². The Morgan fingerprint density at radius 2 is 1.79 bits per heavy atom. The highest BCUT2D eigenvalue weighted by Crippen LogP contribution is 2.32. The molecule has 1 saturated heterocycles. The Morgan fingerprint density at radius 1 is 1.00 bits per heavy atom. The molecule has 1 aliphatic carbocycles. The molecule has 1 aromatic carbocycles. The van der Waals surface area contributed by atoms with E-state index in [0.717, 1.165) is 36.2 Å². The first-order chi connectivity index (χ1) is 14.2. The molecule has 2 aliphatic rings. The van der Waals surface area contributed by atoms with Crippen molar-refractivity contribution in [1.82, 2.24) is 14.9 Å². The van der Waals surface area contributed by atoms with Gasteiger partial charge >= 0.3 is 0 Å². The largest absolute Gasteiger partial charge is 0.459 e. The number of rotatable bonds is 3. The number of carbonyl (C=O) groups excluding carboxylic acids is 1. The Balaban J connectivity index is 1.39. The molecule has 29 heavy (non-hydrogen) atoms. The van der Waals surface area contributed by atoms with Gasteiger partial charge in [-0.2, -0.15) is 0 Å². The van der Waals surface area contributed by atoms with Crippen LogP contribution in [0.25, 0.3) is 11.3 Å². The number of aryl methyl sites for hydroxylation is 1. The Labute approximate surface area is 168 Å². The van der Waals surface area contributed by atoms with Crippen molar-refractivity contribution in [1.29, 1.82) is 0 Å². The molecule has 2 aromatic heterocycles. The first-order valence-electron chi connectivity index (χ1n) is 9.92. The molecule has 1 amide bonds. The van der Waals surface area contributed by atoms with Crippen LogP contribution in [0.2, 0.25) is 0 Å². The zero-order valence-electron chi connectivity index (χ0n) is 16.0. The van der Waals surface area contributed by atoms with Crippen molar-refractivity contribution in [3.63, 3.8) is 0 Å². The van der Waals surface area contributed by atoms with Gasteiger partial charge in [0.25, 0.3) is 5.91 Å². The monoisotopic (exact) mass is 392 g/mol. The van der Waals surface area contributed by atoms with Gasteiger partial charge in [0.2, 0.25) is 5.95 Å². The number of amides is 1. The number of hydrogen-bond donors (Lipinski definition) is 0. The maximum absolute atomic E-state index is 13.4. The quantitative estimate of drug-likeness (QED) is 0.684. The van der Waals surface area contributed by atoms with Gasteiger partial charge in [0, 0.05) is 43.0 Å². The van der Waals surface area contributed by atoms with E-state index in [-0.39, 0.29) is 11.7 Å². The summed E-state index contributed by atoms with van der Waals surface area (Å²) in [4.78, 5) is 26.1. The van der Waals surface area contributed by atoms with E-state index in [1.807, 2.05) is 0 Å². The van der Waals surface area contributed by atoms with Crippen molar-refractivity contribution < 1.29 is 13.6 Å². The lowest BCUT2D eigenvalue weighted by atomic mass is 10.1.